The average molecular weight is 457 g/mol. The van der Waals surface area contributed by atoms with E-state index in [0.717, 1.165) is 11.1 Å². The van der Waals surface area contributed by atoms with Crippen molar-refractivity contribution in [2.45, 2.75) is 78.9 Å². The predicted molar refractivity (Wildman–Crippen MR) is 138 cm³/mol. The van der Waals surface area contributed by atoms with E-state index in [4.69, 9.17) is 5.41 Å². The fourth-order valence-electron chi connectivity index (χ4n) is 4.15. The standard InChI is InChI=1S/C27H44N4O2/c1-18(2)21(16-19(3)17-28)31(10)25(33)23(26(4,5)6)30-24(32)22(29-9)27(7,8)20-14-12-11-13-15-20/h11-18,21-23,28-29H,1-10H3,(H,30,32)/b19-16+,28-17?/t21-,22-,23?/m1/s1. The summed E-state index contributed by atoms with van der Waals surface area (Å²) in [6.07, 6.45) is 3.23. The molecule has 0 bridgehead atoms. The zero-order valence-electron chi connectivity index (χ0n) is 22.1. The van der Waals surface area contributed by atoms with Crippen molar-refractivity contribution in [3.05, 3.63) is 47.5 Å². The number of hydrogen-bond acceptors (Lipinski definition) is 4. The van der Waals surface area contributed by atoms with Crippen LogP contribution in [0.3, 0.4) is 0 Å². The maximum absolute atomic E-state index is 13.7. The van der Waals surface area contributed by atoms with Crippen molar-refractivity contribution in [3.63, 3.8) is 0 Å². The van der Waals surface area contributed by atoms with Gasteiger partial charge in [-0.05, 0) is 36.4 Å². The fourth-order valence-corrected chi connectivity index (χ4v) is 4.15. The Bertz CT molecular complexity index is 837. The molecule has 0 aromatic heterocycles. The molecule has 0 heterocycles. The summed E-state index contributed by atoms with van der Waals surface area (Å²) in [5.41, 5.74) is 0.867. The van der Waals surface area contributed by atoms with E-state index in [2.05, 4.69) is 10.6 Å². The van der Waals surface area contributed by atoms with Crippen LogP contribution in [0.1, 0.15) is 61.0 Å². The van der Waals surface area contributed by atoms with Gasteiger partial charge in [0.2, 0.25) is 11.8 Å². The van der Waals surface area contributed by atoms with Gasteiger partial charge < -0.3 is 20.9 Å². The summed E-state index contributed by atoms with van der Waals surface area (Å²) in [6, 6.07) is 8.52. The topological polar surface area (TPSA) is 85.3 Å². The van der Waals surface area contributed by atoms with E-state index in [1.165, 1.54) is 6.21 Å². The minimum absolute atomic E-state index is 0.143. The molecule has 6 nitrogen and oxygen atoms in total. The summed E-state index contributed by atoms with van der Waals surface area (Å²) < 4.78 is 0. The van der Waals surface area contributed by atoms with Crippen LogP contribution in [0.5, 0.6) is 0 Å². The summed E-state index contributed by atoms with van der Waals surface area (Å²) in [5.74, 6) is -0.191. The van der Waals surface area contributed by atoms with Gasteiger partial charge in [-0.1, -0.05) is 84.9 Å². The van der Waals surface area contributed by atoms with E-state index < -0.39 is 22.9 Å². The second-order valence-electron chi connectivity index (χ2n) is 10.9. The molecule has 3 N–H and O–H groups in total. The van der Waals surface area contributed by atoms with E-state index in [1.807, 2.05) is 91.8 Å². The molecule has 3 atom stereocenters. The van der Waals surface area contributed by atoms with Gasteiger partial charge in [0.1, 0.15) is 6.04 Å². The van der Waals surface area contributed by atoms with Crippen LogP contribution in [-0.2, 0) is 15.0 Å². The van der Waals surface area contributed by atoms with Crippen LogP contribution in [0, 0.1) is 16.7 Å². The minimum Gasteiger partial charge on any atom is -0.342 e. The molecule has 0 saturated carbocycles. The first-order valence-corrected chi connectivity index (χ1v) is 11.7. The molecule has 184 valence electrons. The number of allylic oxidation sites excluding steroid dienone is 1. The van der Waals surface area contributed by atoms with E-state index in [-0.39, 0.29) is 23.8 Å². The largest absolute Gasteiger partial charge is 0.342 e. The molecule has 0 spiro atoms. The third-order valence-corrected chi connectivity index (χ3v) is 6.33. The van der Waals surface area contributed by atoms with Gasteiger partial charge in [-0.2, -0.15) is 0 Å². The Labute approximate surface area is 200 Å². The number of nitrogens with zero attached hydrogens (tertiary/aromatic N) is 1. The summed E-state index contributed by atoms with van der Waals surface area (Å²) >= 11 is 0. The van der Waals surface area contributed by atoms with Gasteiger partial charge in [0.25, 0.3) is 0 Å². The fraction of sp³-hybridized carbons (Fsp3) is 0.593. The van der Waals surface area contributed by atoms with Crippen LogP contribution in [0.15, 0.2) is 42.0 Å². The zero-order chi connectivity index (χ0) is 25.6. The Morgan fingerprint density at radius 3 is 2.00 bits per heavy atom. The van der Waals surface area contributed by atoms with Crippen molar-refractivity contribution >= 4 is 18.0 Å². The van der Waals surface area contributed by atoms with Crippen molar-refractivity contribution in [1.29, 1.82) is 5.41 Å². The van der Waals surface area contributed by atoms with Crippen molar-refractivity contribution in [1.82, 2.24) is 15.5 Å². The summed E-state index contributed by atoms with van der Waals surface area (Å²) in [4.78, 5) is 28.9. The summed E-state index contributed by atoms with van der Waals surface area (Å²) in [5, 5.41) is 13.7. The molecule has 6 heteroatoms. The highest BCUT2D eigenvalue weighted by Crippen LogP contribution is 2.29. The van der Waals surface area contributed by atoms with E-state index >= 15 is 0 Å². The van der Waals surface area contributed by atoms with Gasteiger partial charge in [0.05, 0.1) is 12.1 Å². The second-order valence-corrected chi connectivity index (χ2v) is 10.9. The maximum Gasteiger partial charge on any atom is 0.245 e. The SMILES string of the molecule is CN[C@H](C(=O)NC(C(=O)N(C)[C@H](/C=C(\C)C=N)C(C)C)C(C)(C)C)C(C)(C)c1ccccc1. The Morgan fingerprint density at radius 1 is 1.03 bits per heavy atom. The van der Waals surface area contributed by atoms with Crippen LogP contribution in [0.4, 0.5) is 0 Å². The molecule has 1 unspecified atom stereocenters. The first-order chi connectivity index (χ1) is 15.2. The van der Waals surface area contributed by atoms with Gasteiger partial charge in [-0.15, -0.1) is 0 Å². The highest BCUT2D eigenvalue weighted by molar-refractivity contribution is 5.91. The lowest BCUT2D eigenvalue weighted by Crippen LogP contribution is -2.61. The zero-order valence-corrected chi connectivity index (χ0v) is 22.1. The summed E-state index contributed by atoms with van der Waals surface area (Å²) in [6.45, 7) is 15.9. The molecule has 0 aliphatic carbocycles. The van der Waals surface area contributed by atoms with Crippen molar-refractivity contribution in [2.75, 3.05) is 14.1 Å². The van der Waals surface area contributed by atoms with Crippen molar-refractivity contribution in [3.8, 4) is 0 Å². The molecule has 1 rings (SSSR count). The maximum atomic E-state index is 13.7. The molecule has 0 aliphatic rings. The van der Waals surface area contributed by atoms with Crippen LogP contribution in [0.2, 0.25) is 0 Å². The lowest BCUT2D eigenvalue weighted by molar-refractivity contribution is -0.140. The third-order valence-electron chi connectivity index (χ3n) is 6.33. The van der Waals surface area contributed by atoms with Crippen LogP contribution in [0.25, 0.3) is 0 Å². The number of nitrogens with one attached hydrogen (secondary N) is 3. The normalized spacial score (nSPS) is 15.5. The summed E-state index contributed by atoms with van der Waals surface area (Å²) in [7, 11) is 3.55. The second kappa shape index (κ2) is 11.6. The number of carbonyl (C=O) groups excluding carboxylic acids is 2. The van der Waals surface area contributed by atoms with Gasteiger partial charge in [-0.3, -0.25) is 9.59 Å². The van der Waals surface area contributed by atoms with E-state index in [1.54, 1.807) is 19.0 Å². The Hall–Kier alpha value is -2.47. The first-order valence-electron chi connectivity index (χ1n) is 11.7. The average Bonchev–Trinajstić information content (AvgIpc) is 2.74. The van der Waals surface area contributed by atoms with Gasteiger partial charge in [-0.25, -0.2) is 0 Å². The molecular formula is C27H44N4O2. The predicted octanol–water partition coefficient (Wildman–Crippen LogP) is 4.16. The molecule has 2 amide bonds. The van der Waals surface area contributed by atoms with E-state index in [9.17, 15) is 9.59 Å². The molecule has 0 saturated heterocycles. The van der Waals surface area contributed by atoms with E-state index in [0.29, 0.717) is 0 Å². The number of likely N-dealkylation sites (N-methyl/N-ethyl adjacent to an activating group) is 2. The quantitative estimate of drug-likeness (QED) is 0.462. The number of benzene rings is 1. The van der Waals surface area contributed by atoms with Gasteiger partial charge >= 0.3 is 0 Å². The molecule has 1 aromatic carbocycles. The Balaban J connectivity index is 3.27. The molecular weight excluding hydrogens is 412 g/mol. The Morgan fingerprint density at radius 2 is 1.58 bits per heavy atom. The van der Waals surface area contributed by atoms with Crippen molar-refractivity contribution < 1.29 is 9.59 Å². The highest BCUT2D eigenvalue weighted by atomic mass is 16.2. The van der Waals surface area contributed by atoms with Crippen LogP contribution >= 0.6 is 0 Å². The Kier molecular flexibility index (Phi) is 10.0. The number of amides is 2. The third kappa shape index (κ3) is 7.26. The molecule has 33 heavy (non-hydrogen) atoms. The molecule has 0 aliphatic heterocycles. The van der Waals surface area contributed by atoms with Crippen molar-refractivity contribution in [2.24, 2.45) is 11.3 Å². The van der Waals surface area contributed by atoms with Gasteiger partial charge in [0.15, 0.2) is 0 Å². The highest BCUT2D eigenvalue weighted by Gasteiger charge is 2.41. The number of hydrogen-bond donors (Lipinski definition) is 3. The monoisotopic (exact) mass is 456 g/mol. The lowest BCUT2D eigenvalue weighted by atomic mass is 9.76. The van der Waals surface area contributed by atoms with Gasteiger partial charge in [0, 0.05) is 18.7 Å². The number of rotatable bonds is 10. The number of carbonyl (C=O) groups is 2. The smallest absolute Gasteiger partial charge is 0.245 e. The lowest BCUT2D eigenvalue weighted by Gasteiger charge is -2.40. The first kappa shape index (κ1) is 28.6. The van der Waals surface area contributed by atoms with Crippen LogP contribution < -0.4 is 10.6 Å². The molecule has 1 aromatic rings. The molecule has 0 fully saturated rings. The van der Waals surface area contributed by atoms with Crippen LogP contribution in [-0.4, -0.2) is 55.1 Å². The minimum atomic E-state index is -0.702. The molecule has 0 radical (unpaired) electrons.